The van der Waals surface area contributed by atoms with Crippen LogP contribution in [0.1, 0.15) is 39.2 Å². The van der Waals surface area contributed by atoms with E-state index in [0.29, 0.717) is 11.3 Å². The highest BCUT2D eigenvalue weighted by Gasteiger charge is 2.34. The third kappa shape index (κ3) is 5.34. The Balaban J connectivity index is 1.94. The molecule has 2 aromatic rings. The van der Waals surface area contributed by atoms with Gasteiger partial charge in [0.1, 0.15) is 12.4 Å². The molecule has 1 unspecified atom stereocenters. The van der Waals surface area contributed by atoms with Crippen LogP contribution in [0.3, 0.4) is 0 Å². The molecule has 2 N–H and O–H groups in total. The number of benzene rings is 2. The average Bonchev–Trinajstić information content (AvgIpc) is 2.86. The van der Waals surface area contributed by atoms with Gasteiger partial charge in [-0.15, -0.1) is 0 Å². The monoisotopic (exact) mass is 468 g/mol. The maximum Gasteiger partial charge on any atom is 0.339 e. The van der Waals surface area contributed by atoms with Crippen molar-refractivity contribution < 1.29 is 38.1 Å². The number of carbonyl (C=O) groups excluding carboxylic acids is 4. The lowest BCUT2D eigenvalue weighted by Gasteiger charge is -2.29. The topological polar surface area (TPSA) is 129 Å². The molecule has 0 saturated carbocycles. The Morgan fingerprint density at radius 1 is 0.882 bits per heavy atom. The van der Waals surface area contributed by atoms with Gasteiger partial charge in [0.05, 0.1) is 49.3 Å². The molecule has 0 aliphatic carbocycles. The van der Waals surface area contributed by atoms with Crippen LogP contribution in [0, 0.1) is 0 Å². The second-order valence-electron chi connectivity index (χ2n) is 7.03. The molecule has 10 nitrogen and oxygen atoms in total. The second-order valence-corrected chi connectivity index (χ2v) is 7.03. The summed E-state index contributed by atoms with van der Waals surface area (Å²) in [6.07, 6.45) is 0. The number of urea groups is 1. The largest absolute Gasteiger partial charge is 0.497 e. The van der Waals surface area contributed by atoms with E-state index in [0.717, 1.165) is 0 Å². The number of amides is 2. The van der Waals surface area contributed by atoms with Crippen molar-refractivity contribution in [2.24, 2.45) is 0 Å². The van der Waals surface area contributed by atoms with E-state index in [4.69, 9.17) is 18.9 Å². The van der Waals surface area contributed by atoms with Crippen LogP contribution in [-0.4, -0.2) is 51.4 Å². The van der Waals surface area contributed by atoms with Crippen molar-refractivity contribution in [2.75, 3.05) is 27.4 Å². The first-order valence-corrected chi connectivity index (χ1v) is 10.4. The number of nitrogens with one attached hydrogen (secondary N) is 2. The highest BCUT2D eigenvalue weighted by Crippen LogP contribution is 2.29. The summed E-state index contributed by atoms with van der Waals surface area (Å²) >= 11 is 0. The summed E-state index contributed by atoms with van der Waals surface area (Å²) < 4.78 is 20.4. The van der Waals surface area contributed by atoms with Crippen molar-refractivity contribution in [3.63, 3.8) is 0 Å². The predicted octanol–water partition coefficient (Wildman–Crippen LogP) is 2.51. The molecule has 2 amide bonds. The van der Waals surface area contributed by atoms with E-state index >= 15 is 0 Å². The van der Waals surface area contributed by atoms with Crippen LogP contribution in [0.25, 0.3) is 0 Å². The number of ether oxygens (including phenoxy) is 4. The summed E-state index contributed by atoms with van der Waals surface area (Å²) in [7, 11) is 2.72. The number of esters is 3. The molecule has 0 radical (unpaired) electrons. The van der Waals surface area contributed by atoms with Crippen LogP contribution in [0.15, 0.2) is 59.8 Å². The fourth-order valence-electron chi connectivity index (χ4n) is 3.39. The van der Waals surface area contributed by atoms with Gasteiger partial charge in [-0.3, -0.25) is 0 Å². The molecule has 1 aliphatic heterocycles. The lowest BCUT2D eigenvalue weighted by Crippen LogP contribution is -2.47. The Hall–Kier alpha value is -4.34. The van der Waals surface area contributed by atoms with Crippen molar-refractivity contribution in [1.29, 1.82) is 0 Å². The van der Waals surface area contributed by atoms with Gasteiger partial charge >= 0.3 is 23.9 Å². The number of rotatable bonds is 8. The number of carbonyl (C=O) groups is 4. The minimum Gasteiger partial charge on any atom is -0.497 e. The lowest BCUT2D eigenvalue weighted by molar-refractivity contribution is -0.139. The van der Waals surface area contributed by atoms with E-state index in [1.807, 2.05) is 0 Å². The molecule has 1 atom stereocenters. The first kappa shape index (κ1) is 24.3. The van der Waals surface area contributed by atoms with E-state index in [1.165, 1.54) is 26.4 Å². The normalized spacial score (nSPS) is 15.0. The minimum atomic E-state index is -0.852. The van der Waals surface area contributed by atoms with Crippen LogP contribution < -0.4 is 15.4 Å². The van der Waals surface area contributed by atoms with Gasteiger partial charge in [-0.25, -0.2) is 19.2 Å². The van der Waals surface area contributed by atoms with E-state index in [2.05, 4.69) is 10.6 Å². The standard InChI is InChI=1S/C24H24N2O8/c1-4-33-23(29)19-18(13-34-22(28)17-8-6-5-7-16(17)21(27)32-3)25-24(30)26-20(19)14-9-11-15(31-2)12-10-14/h5-12,20H,4,13H2,1-3H3,(H2,25,26,30). The van der Waals surface area contributed by atoms with Crippen molar-refractivity contribution in [3.8, 4) is 5.75 Å². The predicted molar refractivity (Wildman–Crippen MR) is 119 cm³/mol. The van der Waals surface area contributed by atoms with E-state index in [9.17, 15) is 19.2 Å². The van der Waals surface area contributed by atoms with E-state index < -0.39 is 36.6 Å². The van der Waals surface area contributed by atoms with Crippen LogP contribution in [-0.2, 0) is 19.0 Å². The molecule has 1 heterocycles. The molecule has 178 valence electrons. The summed E-state index contributed by atoms with van der Waals surface area (Å²) in [6, 6.07) is 11.3. The molecule has 0 saturated heterocycles. The zero-order chi connectivity index (χ0) is 24.7. The van der Waals surface area contributed by atoms with Crippen molar-refractivity contribution in [3.05, 3.63) is 76.5 Å². The fourth-order valence-corrected chi connectivity index (χ4v) is 3.39. The van der Waals surface area contributed by atoms with Crippen molar-refractivity contribution in [1.82, 2.24) is 10.6 Å². The number of methoxy groups -OCH3 is 2. The van der Waals surface area contributed by atoms with Crippen LogP contribution in [0.2, 0.25) is 0 Å². The SMILES string of the molecule is CCOC(=O)C1=C(COC(=O)c2ccccc2C(=O)OC)NC(=O)NC1c1ccc(OC)cc1. The highest BCUT2D eigenvalue weighted by atomic mass is 16.5. The van der Waals surface area contributed by atoms with Crippen LogP contribution in [0.4, 0.5) is 4.79 Å². The lowest BCUT2D eigenvalue weighted by atomic mass is 9.95. The molecule has 0 bridgehead atoms. The molecule has 0 aromatic heterocycles. The van der Waals surface area contributed by atoms with E-state index in [-0.39, 0.29) is 29.0 Å². The molecule has 2 aromatic carbocycles. The highest BCUT2D eigenvalue weighted by molar-refractivity contribution is 6.03. The maximum atomic E-state index is 12.8. The third-order valence-corrected chi connectivity index (χ3v) is 5.00. The van der Waals surface area contributed by atoms with Crippen molar-refractivity contribution >= 4 is 23.9 Å². The Morgan fingerprint density at radius 3 is 2.12 bits per heavy atom. The Bertz CT molecular complexity index is 1120. The van der Waals surface area contributed by atoms with Gasteiger partial charge < -0.3 is 29.6 Å². The van der Waals surface area contributed by atoms with Gasteiger partial charge in [0, 0.05) is 0 Å². The minimum absolute atomic E-state index is 0.0143. The molecule has 10 heteroatoms. The first-order chi connectivity index (χ1) is 16.4. The quantitative estimate of drug-likeness (QED) is 0.447. The fraction of sp³-hybridized carbons (Fsp3) is 0.250. The smallest absolute Gasteiger partial charge is 0.339 e. The van der Waals surface area contributed by atoms with Gasteiger partial charge in [-0.05, 0) is 36.8 Å². The number of hydrogen-bond donors (Lipinski definition) is 2. The molecule has 0 spiro atoms. The summed E-state index contributed by atoms with van der Waals surface area (Å²) in [4.78, 5) is 49.9. The first-order valence-electron chi connectivity index (χ1n) is 10.4. The zero-order valence-corrected chi connectivity index (χ0v) is 18.9. The summed E-state index contributed by atoms with van der Waals surface area (Å²) in [6.45, 7) is 1.31. The third-order valence-electron chi connectivity index (χ3n) is 5.00. The summed E-state index contributed by atoms with van der Waals surface area (Å²) in [5.41, 5.74) is 0.755. The van der Waals surface area contributed by atoms with Crippen molar-refractivity contribution in [2.45, 2.75) is 13.0 Å². The van der Waals surface area contributed by atoms with Crippen LogP contribution in [0.5, 0.6) is 5.75 Å². The van der Waals surface area contributed by atoms with Gasteiger partial charge in [-0.1, -0.05) is 24.3 Å². The Kier molecular flexibility index (Phi) is 7.86. The molecule has 1 aliphatic rings. The molecule has 3 rings (SSSR count). The molecule has 0 fully saturated rings. The van der Waals surface area contributed by atoms with Gasteiger partial charge in [0.2, 0.25) is 0 Å². The zero-order valence-electron chi connectivity index (χ0n) is 18.9. The maximum absolute atomic E-state index is 12.8. The summed E-state index contributed by atoms with van der Waals surface area (Å²) in [5.74, 6) is -1.61. The van der Waals surface area contributed by atoms with Gasteiger partial charge in [-0.2, -0.15) is 0 Å². The molecular formula is C24H24N2O8. The summed E-state index contributed by atoms with van der Waals surface area (Å²) in [5, 5.41) is 5.21. The van der Waals surface area contributed by atoms with Crippen LogP contribution >= 0.6 is 0 Å². The van der Waals surface area contributed by atoms with Gasteiger partial charge in [0.15, 0.2) is 0 Å². The average molecular weight is 468 g/mol. The molecular weight excluding hydrogens is 444 g/mol. The van der Waals surface area contributed by atoms with E-state index in [1.54, 1.807) is 43.3 Å². The second kappa shape index (κ2) is 11.0. The van der Waals surface area contributed by atoms with Gasteiger partial charge in [0.25, 0.3) is 0 Å². The Morgan fingerprint density at radius 2 is 1.53 bits per heavy atom. The number of hydrogen-bond acceptors (Lipinski definition) is 8. The Labute approximate surface area is 195 Å². The molecule has 34 heavy (non-hydrogen) atoms.